The van der Waals surface area contributed by atoms with Gasteiger partial charge < -0.3 is 0 Å². The average molecular weight is 213 g/mol. The highest BCUT2D eigenvalue weighted by Gasteiger charge is 2.03. The zero-order valence-electron chi connectivity index (χ0n) is 7.76. The van der Waals surface area contributed by atoms with Crippen LogP contribution in [0.4, 0.5) is 4.39 Å². The van der Waals surface area contributed by atoms with Gasteiger partial charge in [0.2, 0.25) is 0 Å². The molecule has 1 aromatic rings. The lowest BCUT2D eigenvalue weighted by Crippen LogP contribution is -1.94. The molecule has 0 radical (unpaired) electrons. The summed E-state index contributed by atoms with van der Waals surface area (Å²) >= 11 is 5.65. The molecule has 0 aliphatic heterocycles. The van der Waals surface area contributed by atoms with Crippen molar-refractivity contribution < 1.29 is 9.18 Å². The van der Waals surface area contributed by atoms with Crippen molar-refractivity contribution in [3.63, 3.8) is 0 Å². The largest absolute Gasteiger partial charge is 0.289 e. The quantitative estimate of drug-likeness (QED) is 0.550. The predicted octanol–water partition coefficient (Wildman–Crippen LogP) is 3.79. The summed E-state index contributed by atoms with van der Waals surface area (Å²) in [6.07, 6.45) is 1.24. The Morgan fingerprint density at radius 2 is 2.00 bits per heavy atom. The van der Waals surface area contributed by atoms with E-state index in [4.69, 9.17) is 11.6 Å². The van der Waals surface area contributed by atoms with Crippen LogP contribution >= 0.6 is 11.6 Å². The lowest BCUT2D eigenvalue weighted by Gasteiger charge is -1.96. The number of halogens is 2. The molecule has 1 aromatic carbocycles. The van der Waals surface area contributed by atoms with Crippen LogP contribution in [0.3, 0.4) is 0 Å². The Bertz CT molecular complexity index is 354. The number of carbonyl (C=O) groups excluding carboxylic acids is 1. The molecule has 0 atom stereocenters. The fourth-order valence-corrected chi connectivity index (χ4v) is 1.07. The number of hydrogen-bond acceptors (Lipinski definition) is 1. The molecule has 0 unspecified atom stereocenters. The van der Waals surface area contributed by atoms with Gasteiger partial charge >= 0.3 is 0 Å². The molecular formula is C11H10ClFO. The van der Waals surface area contributed by atoms with Crippen LogP contribution < -0.4 is 0 Å². The lowest BCUT2D eigenvalue weighted by atomic mass is 10.1. The standard InChI is InChI=1S/C11H10ClFO/c1-2-10(13)7-11(14)8-3-5-9(12)6-4-8/h3-7H,2H2,1H3/b10-7+. The Morgan fingerprint density at radius 3 is 2.50 bits per heavy atom. The number of ketones is 1. The minimum atomic E-state index is -0.412. The molecule has 0 aliphatic rings. The van der Waals surface area contributed by atoms with Crippen LogP contribution in [0.1, 0.15) is 23.7 Å². The molecule has 74 valence electrons. The van der Waals surface area contributed by atoms with Crippen LogP contribution in [0.2, 0.25) is 5.02 Å². The van der Waals surface area contributed by atoms with Gasteiger partial charge in [0.05, 0.1) is 0 Å². The first-order valence-corrected chi connectivity index (χ1v) is 4.67. The summed E-state index contributed by atoms with van der Waals surface area (Å²) < 4.78 is 12.8. The minimum absolute atomic E-state index is 0.235. The van der Waals surface area contributed by atoms with Gasteiger partial charge in [0, 0.05) is 16.7 Å². The van der Waals surface area contributed by atoms with Gasteiger partial charge in [-0.2, -0.15) is 0 Å². The molecule has 0 aromatic heterocycles. The van der Waals surface area contributed by atoms with Crippen molar-refractivity contribution >= 4 is 17.4 Å². The van der Waals surface area contributed by atoms with Crippen molar-refractivity contribution in [2.75, 3.05) is 0 Å². The van der Waals surface area contributed by atoms with Gasteiger partial charge in [-0.1, -0.05) is 18.5 Å². The highest BCUT2D eigenvalue weighted by molar-refractivity contribution is 6.30. The van der Waals surface area contributed by atoms with Crippen LogP contribution in [0.5, 0.6) is 0 Å². The molecule has 0 fully saturated rings. The molecule has 0 bridgehead atoms. The number of benzene rings is 1. The Balaban J connectivity index is 2.85. The topological polar surface area (TPSA) is 17.1 Å². The summed E-state index contributed by atoms with van der Waals surface area (Å²) in [5.41, 5.74) is 0.443. The molecular weight excluding hydrogens is 203 g/mol. The average Bonchev–Trinajstić information content (AvgIpc) is 2.18. The highest BCUT2D eigenvalue weighted by atomic mass is 35.5. The van der Waals surface area contributed by atoms with Gasteiger partial charge in [0.25, 0.3) is 0 Å². The SMILES string of the molecule is CC/C(F)=C\C(=O)c1ccc(Cl)cc1. The zero-order chi connectivity index (χ0) is 10.6. The summed E-state index contributed by atoms with van der Waals surface area (Å²) in [6.45, 7) is 1.65. The van der Waals surface area contributed by atoms with E-state index in [0.29, 0.717) is 10.6 Å². The molecule has 3 heteroatoms. The van der Waals surface area contributed by atoms with E-state index in [-0.39, 0.29) is 12.2 Å². The third-order valence-electron chi connectivity index (χ3n) is 1.75. The maximum Gasteiger partial charge on any atom is 0.188 e. The van der Waals surface area contributed by atoms with E-state index >= 15 is 0 Å². The summed E-state index contributed by atoms with van der Waals surface area (Å²) in [5, 5.41) is 0.557. The number of allylic oxidation sites excluding steroid dienone is 2. The summed E-state index contributed by atoms with van der Waals surface area (Å²) in [6, 6.07) is 6.35. The van der Waals surface area contributed by atoms with E-state index in [2.05, 4.69) is 0 Å². The van der Waals surface area contributed by atoms with E-state index in [1.54, 1.807) is 31.2 Å². The fraction of sp³-hybridized carbons (Fsp3) is 0.182. The van der Waals surface area contributed by atoms with Crippen LogP contribution in [-0.4, -0.2) is 5.78 Å². The van der Waals surface area contributed by atoms with Crippen LogP contribution in [-0.2, 0) is 0 Å². The maximum absolute atomic E-state index is 12.8. The molecule has 0 aliphatic carbocycles. The van der Waals surface area contributed by atoms with E-state index in [1.807, 2.05) is 0 Å². The monoisotopic (exact) mass is 212 g/mol. The zero-order valence-corrected chi connectivity index (χ0v) is 8.51. The summed E-state index contributed by atoms with van der Waals surface area (Å²) in [4.78, 5) is 11.4. The fourth-order valence-electron chi connectivity index (χ4n) is 0.942. The number of hydrogen-bond donors (Lipinski definition) is 0. The van der Waals surface area contributed by atoms with Crippen molar-refractivity contribution in [3.05, 3.63) is 46.8 Å². The van der Waals surface area contributed by atoms with E-state index in [1.165, 1.54) is 0 Å². The second-order valence-corrected chi connectivity index (χ2v) is 3.25. The smallest absolute Gasteiger partial charge is 0.188 e. The van der Waals surface area contributed by atoms with Gasteiger partial charge in [-0.25, -0.2) is 4.39 Å². The number of rotatable bonds is 3. The molecule has 0 N–H and O–H groups in total. The van der Waals surface area contributed by atoms with Crippen molar-refractivity contribution in [3.8, 4) is 0 Å². The van der Waals surface area contributed by atoms with Crippen LogP contribution in [0, 0.1) is 0 Å². The van der Waals surface area contributed by atoms with Gasteiger partial charge in [0.15, 0.2) is 5.78 Å². The first-order valence-electron chi connectivity index (χ1n) is 4.29. The second kappa shape index (κ2) is 4.91. The minimum Gasteiger partial charge on any atom is -0.289 e. The van der Waals surface area contributed by atoms with Gasteiger partial charge in [0.1, 0.15) is 5.83 Å². The highest BCUT2D eigenvalue weighted by Crippen LogP contribution is 2.12. The second-order valence-electron chi connectivity index (χ2n) is 2.82. The molecule has 0 saturated carbocycles. The molecule has 14 heavy (non-hydrogen) atoms. The Labute approximate surface area is 87.2 Å². The van der Waals surface area contributed by atoms with Crippen LogP contribution in [0.25, 0.3) is 0 Å². The van der Waals surface area contributed by atoms with Crippen molar-refractivity contribution in [2.24, 2.45) is 0 Å². The van der Waals surface area contributed by atoms with Crippen molar-refractivity contribution in [2.45, 2.75) is 13.3 Å². The number of carbonyl (C=O) groups is 1. The van der Waals surface area contributed by atoms with E-state index in [0.717, 1.165) is 6.08 Å². The van der Waals surface area contributed by atoms with Crippen molar-refractivity contribution in [1.29, 1.82) is 0 Å². The first-order chi connectivity index (χ1) is 6.63. The van der Waals surface area contributed by atoms with E-state index < -0.39 is 5.83 Å². The molecule has 0 saturated heterocycles. The first kappa shape index (κ1) is 10.9. The third kappa shape index (κ3) is 2.96. The molecule has 1 rings (SSSR count). The van der Waals surface area contributed by atoms with Crippen LogP contribution in [0.15, 0.2) is 36.2 Å². The van der Waals surface area contributed by atoms with Gasteiger partial charge in [-0.15, -0.1) is 0 Å². The molecule has 1 nitrogen and oxygen atoms in total. The summed E-state index contributed by atoms with van der Waals surface area (Å²) in [7, 11) is 0. The Hall–Kier alpha value is -1.15. The van der Waals surface area contributed by atoms with E-state index in [9.17, 15) is 9.18 Å². The third-order valence-corrected chi connectivity index (χ3v) is 2.01. The Kier molecular flexibility index (Phi) is 3.84. The molecule has 0 amide bonds. The molecule has 0 spiro atoms. The maximum atomic E-state index is 12.8. The predicted molar refractivity (Wildman–Crippen MR) is 55.3 cm³/mol. The van der Waals surface area contributed by atoms with Gasteiger partial charge in [-0.05, 0) is 30.7 Å². The van der Waals surface area contributed by atoms with Gasteiger partial charge in [-0.3, -0.25) is 4.79 Å². The van der Waals surface area contributed by atoms with Crippen molar-refractivity contribution in [1.82, 2.24) is 0 Å². The summed E-state index contributed by atoms with van der Waals surface area (Å²) in [5.74, 6) is -0.744. The Morgan fingerprint density at radius 1 is 1.43 bits per heavy atom. The molecule has 0 heterocycles. The lowest BCUT2D eigenvalue weighted by molar-refractivity contribution is 0.104. The normalized spacial score (nSPS) is 11.5.